The largest absolute Gasteiger partial charge is 0.361 e. The van der Waals surface area contributed by atoms with E-state index in [0.717, 1.165) is 36.8 Å². The number of nitrogens with zero attached hydrogens (tertiary/aromatic N) is 5. The molecule has 0 radical (unpaired) electrons. The number of aromatic nitrogens is 4. The molecule has 0 bridgehead atoms. The summed E-state index contributed by atoms with van der Waals surface area (Å²) < 4.78 is 2.10. The highest BCUT2D eigenvalue weighted by molar-refractivity contribution is 5.45. The highest BCUT2D eigenvalue weighted by atomic mass is 15.3. The van der Waals surface area contributed by atoms with Gasteiger partial charge in [-0.05, 0) is 26.1 Å². The average molecular weight is 258 g/mol. The van der Waals surface area contributed by atoms with Crippen LogP contribution in [0.3, 0.4) is 0 Å². The predicted molar refractivity (Wildman–Crippen MR) is 72.8 cm³/mol. The van der Waals surface area contributed by atoms with Gasteiger partial charge in [0, 0.05) is 19.1 Å². The van der Waals surface area contributed by atoms with Gasteiger partial charge in [-0.1, -0.05) is 0 Å². The molecule has 2 aromatic heterocycles. The highest BCUT2D eigenvalue weighted by Crippen LogP contribution is 2.20. The van der Waals surface area contributed by atoms with Gasteiger partial charge in [0.1, 0.15) is 6.33 Å². The quantitative estimate of drug-likeness (QED) is 0.889. The van der Waals surface area contributed by atoms with Crippen molar-refractivity contribution in [2.75, 3.05) is 18.5 Å². The van der Waals surface area contributed by atoms with E-state index in [1.807, 2.05) is 13.2 Å². The number of hydrogen-bond acceptors (Lipinski definition) is 5. The van der Waals surface area contributed by atoms with Crippen molar-refractivity contribution >= 4 is 5.69 Å². The Morgan fingerprint density at radius 2 is 2.21 bits per heavy atom. The Labute approximate surface area is 112 Å². The lowest BCUT2D eigenvalue weighted by Gasteiger charge is -2.28. The Morgan fingerprint density at radius 1 is 1.32 bits per heavy atom. The molecule has 0 spiro atoms. The first kappa shape index (κ1) is 12.1. The second-order valence-corrected chi connectivity index (χ2v) is 4.81. The summed E-state index contributed by atoms with van der Waals surface area (Å²) in [6.07, 6.45) is 3.73. The molecule has 6 nitrogen and oxygen atoms in total. The van der Waals surface area contributed by atoms with E-state index in [4.69, 9.17) is 0 Å². The Bertz CT molecular complexity index is 547. The third-order valence-corrected chi connectivity index (χ3v) is 3.65. The molecular weight excluding hydrogens is 240 g/mol. The van der Waals surface area contributed by atoms with E-state index in [-0.39, 0.29) is 6.04 Å². The van der Waals surface area contributed by atoms with Gasteiger partial charge >= 0.3 is 0 Å². The van der Waals surface area contributed by atoms with E-state index < -0.39 is 0 Å². The van der Waals surface area contributed by atoms with Gasteiger partial charge in [0.2, 0.25) is 0 Å². The first-order valence-electron chi connectivity index (χ1n) is 6.53. The normalized spacial score (nSPS) is 16.2. The number of hydrogen-bond donors (Lipinski definition) is 1. The van der Waals surface area contributed by atoms with Crippen LogP contribution >= 0.6 is 0 Å². The predicted octanol–water partition coefficient (Wildman–Crippen LogP) is 0.974. The van der Waals surface area contributed by atoms with E-state index in [1.165, 1.54) is 0 Å². The van der Waals surface area contributed by atoms with E-state index in [9.17, 15) is 0 Å². The van der Waals surface area contributed by atoms with Crippen LogP contribution in [0.15, 0.2) is 24.7 Å². The molecule has 0 aromatic carbocycles. The third-order valence-electron chi connectivity index (χ3n) is 3.65. The molecule has 0 amide bonds. The first-order valence-corrected chi connectivity index (χ1v) is 6.53. The van der Waals surface area contributed by atoms with Crippen LogP contribution in [0, 0.1) is 0 Å². The van der Waals surface area contributed by atoms with Gasteiger partial charge in [-0.2, -0.15) is 0 Å². The number of anilines is 1. The number of fused-ring (bicyclic) bond motifs is 1. The summed E-state index contributed by atoms with van der Waals surface area (Å²) in [6.45, 7) is 4.79. The van der Waals surface area contributed by atoms with Gasteiger partial charge in [-0.3, -0.25) is 4.98 Å². The average Bonchev–Trinajstić information content (AvgIpc) is 2.94. The number of nitrogens with one attached hydrogen (secondary N) is 1. The molecule has 2 aromatic rings. The second-order valence-electron chi connectivity index (χ2n) is 4.81. The molecule has 3 heterocycles. The van der Waals surface area contributed by atoms with Crippen LogP contribution in [0.25, 0.3) is 0 Å². The van der Waals surface area contributed by atoms with Crippen molar-refractivity contribution in [1.29, 1.82) is 0 Å². The molecule has 0 saturated heterocycles. The van der Waals surface area contributed by atoms with Crippen molar-refractivity contribution < 1.29 is 0 Å². The minimum Gasteiger partial charge on any atom is -0.361 e. The maximum absolute atomic E-state index is 4.52. The fourth-order valence-electron chi connectivity index (χ4n) is 2.28. The van der Waals surface area contributed by atoms with Crippen LogP contribution in [0.4, 0.5) is 5.69 Å². The van der Waals surface area contributed by atoms with Crippen molar-refractivity contribution in [2.45, 2.75) is 26.1 Å². The topological polar surface area (TPSA) is 58.9 Å². The third kappa shape index (κ3) is 2.31. The van der Waals surface area contributed by atoms with Gasteiger partial charge in [0.05, 0.1) is 24.1 Å². The SMILES string of the molecule is CNC(C)c1ccc(N2CCn3cnnc3C2)cn1. The molecule has 1 N–H and O–H groups in total. The van der Waals surface area contributed by atoms with Crippen LogP contribution < -0.4 is 10.2 Å². The zero-order valence-electron chi connectivity index (χ0n) is 11.2. The first-order chi connectivity index (χ1) is 9.28. The van der Waals surface area contributed by atoms with Crippen molar-refractivity contribution in [2.24, 2.45) is 0 Å². The molecule has 0 saturated carbocycles. The fourth-order valence-corrected chi connectivity index (χ4v) is 2.28. The summed E-state index contributed by atoms with van der Waals surface area (Å²) in [5, 5.41) is 11.3. The molecule has 6 heteroatoms. The molecule has 0 aliphatic carbocycles. The summed E-state index contributed by atoms with van der Waals surface area (Å²) in [5.41, 5.74) is 2.20. The van der Waals surface area contributed by atoms with Crippen molar-refractivity contribution in [3.05, 3.63) is 36.2 Å². The Balaban J connectivity index is 1.77. The van der Waals surface area contributed by atoms with Gasteiger partial charge in [0.15, 0.2) is 5.82 Å². The van der Waals surface area contributed by atoms with E-state index in [2.05, 4.69) is 49.0 Å². The van der Waals surface area contributed by atoms with Crippen molar-refractivity contribution in [3.63, 3.8) is 0 Å². The summed E-state index contributed by atoms with van der Waals surface area (Å²) in [7, 11) is 1.94. The molecule has 0 fully saturated rings. The Morgan fingerprint density at radius 3 is 2.95 bits per heavy atom. The minimum absolute atomic E-state index is 0.276. The lowest BCUT2D eigenvalue weighted by Crippen LogP contribution is -2.33. The van der Waals surface area contributed by atoms with E-state index in [1.54, 1.807) is 6.33 Å². The van der Waals surface area contributed by atoms with Crippen LogP contribution in [0.5, 0.6) is 0 Å². The van der Waals surface area contributed by atoms with Crippen molar-refractivity contribution in [3.8, 4) is 0 Å². The molecule has 1 unspecified atom stereocenters. The highest BCUT2D eigenvalue weighted by Gasteiger charge is 2.18. The van der Waals surface area contributed by atoms with Crippen molar-refractivity contribution in [1.82, 2.24) is 25.1 Å². The number of rotatable bonds is 3. The van der Waals surface area contributed by atoms with Gasteiger partial charge in [-0.15, -0.1) is 10.2 Å². The lowest BCUT2D eigenvalue weighted by atomic mass is 10.2. The van der Waals surface area contributed by atoms with Crippen LogP contribution in [-0.2, 0) is 13.1 Å². The van der Waals surface area contributed by atoms with E-state index in [0.29, 0.717) is 0 Å². The summed E-state index contributed by atoms with van der Waals surface area (Å²) in [6, 6.07) is 4.48. The van der Waals surface area contributed by atoms with Crippen LogP contribution in [0.1, 0.15) is 24.5 Å². The summed E-state index contributed by atoms with van der Waals surface area (Å²) in [4.78, 5) is 6.80. The molecule has 3 rings (SSSR count). The van der Waals surface area contributed by atoms with Gasteiger partial charge in [-0.25, -0.2) is 0 Å². The maximum atomic E-state index is 4.52. The molecule has 1 aliphatic heterocycles. The van der Waals surface area contributed by atoms with Gasteiger partial charge < -0.3 is 14.8 Å². The lowest BCUT2D eigenvalue weighted by molar-refractivity contribution is 0.559. The molecule has 100 valence electrons. The van der Waals surface area contributed by atoms with Gasteiger partial charge in [0.25, 0.3) is 0 Å². The summed E-state index contributed by atoms with van der Waals surface area (Å²) in [5.74, 6) is 1.01. The van der Waals surface area contributed by atoms with Crippen LogP contribution in [0.2, 0.25) is 0 Å². The molecule has 1 aliphatic rings. The second kappa shape index (κ2) is 4.97. The Hall–Kier alpha value is -1.95. The monoisotopic (exact) mass is 258 g/mol. The molecule has 1 atom stereocenters. The van der Waals surface area contributed by atoms with E-state index >= 15 is 0 Å². The van der Waals surface area contributed by atoms with Crippen LogP contribution in [-0.4, -0.2) is 33.3 Å². The minimum atomic E-state index is 0.276. The maximum Gasteiger partial charge on any atom is 0.152 e. The zero-order chi connectivity index (χ0) is 13.2. The standard InChI is InChI=1S/C13H18N6/c1-10(14-2)12-4-3-11(7-15-12)18-5-6-19-9-16-17-13(19)8-18/h3-4,7,9-10,14H,5-6,8H2,1-2H3. The number of pyridine rings is 1. The Kier molecular flexibility index (Phi) is 3.16. The molecular formula is C13H18N6. The molecule has 19 heavy (non-hydrogen) atoms. The fraction of sp³-hybridized carbons (Fsp3) is 0.462. The zero-order valence-corrected chi connectivity index (χ0v) is 11.2. The smallest absolute Gasteiger partial charge is 0.152 e. The summed E-state index contributed by atoms with van der Waals surface area (Å²) >= 11 is 0.